The predicted molar refractivity (Wildman–Crippen MR) is 106 cm³/mol. The standard InChI is InChI=1S/C20H22N4O3/c1-3-23-12-15(20(26)27)17(25)16-13-6-4-5-7-14(13)18(21-19(16)23)24-10-8-22(2)9-11-24/h4-7,12H,3,8-11H2,1-2H3,(H,26,27). The van der Waals surface area contributed by atoms with Gasteiger partial charge in [0.05, 0.1) is 5.39 Å². The molecule has 1 aliphatic rings. The molecule has 7 nitrogen and oxygen atoms in total. The van der Waals surface area contributed by atoms with E-state index >= 15 is 0 Å². The first kappa shape index (κ1) is 17.5. The SMILES string of the molecule is CCn1cc(C(=O)O)c(=O)c2c3ccccc3c(N3CCN(C)CC3)nc21. The number of carboxylic acids is 1. The van der Waals surface area contributed by atoms with E-state index in [9.17, 15) is 14.7 Å². The molecule has 27 heavy (non-hydrogen) atoms. The molecule has 4 rings (SSSR count). The van der Waals surface area contributed by atoms with Crippen molar-refractivity contribution >= 4 is 33.6 Å². The minimum Gasteiger partial charge on any atom is -0.477 e. The topological polar surface area (TPSA) is 78.7 Å². The van der Waals surface area contributed by atoms with Crippen molar-refractivity contribution < 1.29 is 9.90 Å². The molecule has 2 aromatic heterocycles. The van der Waals surface area contributed by atoms with Gasteiger partial charge in [-0.05, 0) is 14.0 Å². The lowest BCUT2D eigenvalue weighted by atomic mass is 10.0. The van der Waals surface area contributed by atoms with E-state index in [0.717, 1.165) is 42.8 Å². The maximum absolute atomic E-state index is 12.9. The van der Waals surface area contributed by atoms with Gasteiger partial charge in [0.25, 0.3) is 0 Å². The van der Waals surface area contributed by atoms with Crippen LogP contribution in [0.5, 0.6) is 0 Å². The number of hydrogen-bond acceptors (Lipinski definition) is 5. The number of piperazine rings is 1. The van der Waals surface area contributed by atoms with Crippen LogP contribution in [0, 0.1) is 0 Å². The molecule has 0 bridgehead atoms. The number of rotatable bonds is 3. The third-order valence-corrected chi connectivity index (χ3v) is 5.28. The summed E-state index contributed by atoms with van der Waals surface area (Å²) in [6, 6.07) is 7.64. The molecular weight excluding hydrogens is 344 g/mol. The zero-order valence-corrected chi connectivity index (χ0v) is 15.5. The summed E-state index contributed by atoms with van der Waals surface area (Å²) in [6.07, 6.45) is 1.41. The van der Waals surface area contributed by atoms with Crippen LogP contribution in [0.25, 0.3) is 21.8 Å². The maximum Gasteiger partial charge on any atom is 0.341 e. The molecule has 3 aromatic rings. The lowest BCUT2D eigenvalue weighted by molar-refractivity contribution is 0.0695. The number of carbonyl (C=O) groups is 1. The Balaban J connectivity index is 2.08. The number of carboxylic acid groups (broad SMARTS) is 1. The highest BCUT2D eigenvalue weighted by molar-refractivity contribution is 6.10. The normalized spacial score (nSPS) is 15.6. The Labute approximate surface area is 156 Å². The van der Waals surface area contributed by atoms with Gasteiger partial charge in [-0.2, -0.15) is 0 Å². The summed E-state index contributed by atoms with van der Waals surface area (Å²) in [5.74, 6) is -0.354. The molecule has 0 spiro atoms. The number of aromatic nitrogens is 2. The fourth-order valence-electron chi connectivity index (χ4n) is 3.73. The average Bonchev–Trinajstić information content (AvgIpc) is 2.68. The molecule has 1 fully saturated rings. The first-order valence-electron chi connectivity index (χ1n) is 9.14. The molecule has 0 aliphatic carbocycles. The molecule has 7 heteroatoms. The monoisotopic (exact) mass is 366 g/mol. The molecular formula is C20H22N4O3. The first-order valence-corrected chi connectivity index (χ1v) is 9.14. The lowest BCUT2D eigenvalue weighted by Gasteiger charge is -2.34. The van der Waals surface area contributed by atoms with Gasteiger partial charge in [0.1, 0.15) is 17.0 Å². The van der Waals surface area contributed by atoms with Gasteiger partial charge >= 0.3 is 5.97 Å². The Bertz CT molecular complexity index is 1100. The van der Waals surface area contributed by atoms with Crippen LogP contribution in [0.4, 0.5) is 5.82 Å². The van der Waals surface area contributed by atoms with Gasteiger partial charge < -0.3 is 19.5 Å². The number of aryl methyl sites for hydroxylation is 1. The fourth-order valence-corrected chi connectivity index (χ4v) is 3.73. The van der Waals surface area contributed by atoms with E-state index in [0.29, 0.717) is 17.6 Å². The van der Waals surface area contributed by atoms with Crippen LogP contribution in [0.15, 0.2) is 35.3 Å². The molecule has 3 heterocycles. The second-order valence-electron chi connectivity index (χ2n) is 6.93. The number of nitrogens with zero attached hydrogens (tertiary/aromatic N) is 4. The quantitative estimate of drug-likeness (QED) is 0.715. The van der Waals surface area contributed by atoms with Crippen LogP contribution >= 0.6 is 0 Å². The minimum absolute atomic E-state index is 0.219. The van der Waals surface area contributed by atoms with Gasteiger partial charge in [0.2, 0.25) is 5.43 Å². The van der Waals surface area contributed by atoms with Crippen molar-refractivity contribution in [2.24, 2.45) is 0 Å². The third kappa shape index (κ3) is 2.84. The van der Waals surface area contributed by atoms with Gasteiger partial charge in [-0.15, -0.1) is 0 Å². The number of anilines is 1. The lowest BCUT2D eigenvalue weighted by Crippen LogP contribution is -2.45. The van der Waals surface area contributed by atoms with Crippen molar-refractivity contribution in [2.45, 2.75) is 13.5 Å². The smallest absolute Gasteiger partial charge is 0.341 e. The molecule has 0 radical (unpaired) electrons. The Morgan fingerprint density at radius 3 is 2.44 bits per heavy atom. The highest BCUT2D eigenvalue weighted by Crippen LogP contribution is 2.30. The van der Waals surface area contributed by atoms with E-state index in [4.69, 9.17) is 4.98 Å². The third-order valence-electron chi connectivity index (χ3n) is 5.28. The summed E-state index contributed by atoms with van der Waals surface area (Å²) in [5, 5.41) is 11.5. The van der Waals surface area contributed by atoms with Crippen LogP contribution in [0.1, 0.15) is 17.3 Å². The largest absolute Gasteiger partial charge is 0.477 e. The van der Waals surface area contributed by atoms with Crippen LogP contribution in [-0.2, 0) is 6.54 Å². The molecule has 140 valence electrons. The Kier molecular flexibility index (Phi) is 4.31. The van der Waals surface area contributed by atoms with Crippen LogP contribution in [0.2, 0.25) is 0 Å². The number of hydrogen-bond donors (Lipinski definition) is 1. The Hall–Kier alpha value is -2.93. The van der Waals surface area contributed by atoms with E-state index in [1.807, 2.05) is 31.2 Å². The molecule has 1 aromatic carbocycles. The number of aromatic carboxylic acids is 1. The second kappa shape index (κ2) is 6.66. The molecule has 1 aliphatic heterocycles. The first-order chi connectivity index (χ1) is 13.0. The van der Waals surface area contributed by atoms with Gasteiger partial charge in [0.15, 0.2) is 0 Å². The van der Waals surface area contributed by atoms with Gasteiger partial charge in [-0.3, -0.25) is 4.79 Å². The summed E-state index contributed by atoms with van der Waals surface area (Å²) < 4.78 is 1.76. The highest BCUT2D eigenvalue weighted by atomic mass is 16.4. The van der Waals surface area contributed by atoms with Crippen LogP contribution < -0.4 is 10.3 Å². The number of benzene rings is 1. The summed E-state index contributed by atoms with van der Waals surface area (Å²) in [7, 11) is 2.10. The molecule has 1 saturated heterocycles. The zero-order valence-electron chi connectivity index (χ0n) is 15.5. The van der Waals surface area contributed by atoms with E-state index in [1.165, 1.54) is 6.20 Å². The van der Waals surface area contributed by atoms with Crippen molar-refractivity contribution in [2.75, 3.05) is 38.1 Å². The number of fused-ring (bicyclic) bond motifs is 3. The zero-order chi connectivity index (χ0) is 19.1. The van der Waals surface area contributed by atoms with Crippen LogP contribution in [0.3, 0.4) is 0 Å². The summed E-state index contributed by atoms with van der Waals surface area (Å²) in [5.41, 5.74) is -0.153. The van der Waals surface area contributed by atoms with E-state index in [1.54, 1.807) is 4.57 Å². The van der Waals surface area contributed by atoms with Gasteiger partial charge in [0, 0.05) is 49.7 Å². The molecule has 0 saturated carbocycles. The minimum atomic E-state index is -1.21. The van der Waals surface area contributed by atoms with Crippen molar-refractivity contribution in [3.05, 3.63) is 46.2 Å². The summed E-state index contributed by atoms with van der Waals surface area (Å²) >= 11 is 0. The number of likely N-dealkylation sites (N-methyl/N-ethyl adjacent to an activating group) is 1. The van der Waals surface area contributed by atoms with E-state index in [-0.39, 0.29) is 5.56 Å². The molecule has 0 atom stereocenters. The van der Waals surface area contributed by atoms with E-state index in [2.05, 4.69) is 16.8 Å². The van der Waals surface area contributed by atoms with E-state index < -0.39 is 11.4 Å². The fraction of sp³-hybridized carbons (Fsp3) is 0.350. The molecule has 0 unspecified atom stereocenters. The Morgan fingerprint density at radius 2 is 1.81 bits per heavy atom. The van der Waals surface area contributed by atoms with Crippen molar-refractivity contribution in [1.29, 1.82) is 0 Å². The van der Waals surface area contributed by atoms with Crippen molar-refractivity contribution in [1.82, 2.24) is 14.5 Å². The summed E-state index contributed by atoms with van der Waals surface area (Å²) in [4.78, 5) is 33.9. The summed E-state index contributed by atoms with van der Waals surface area (Å²) in [6.45, 7) is 6.08. The second-order valence-corrected chi connectivity index (χ2v) is 6.93. The highest BCUT2D eigenvalue weighted by Gasteiger charge is 2.22. The number of pyridine rings is 2. The van der Waals surface area contributed by atoms with Crippen molar-refractivity contribution in [3.63, 3.8) is 0 Å². The Morgan fingerprint density at radius 1 is 1.15 bits per heavy atom. The maximum atomic E-state index is 12.9. The average molecular weight is 366 g/mol. The van der Waals surface area contributed by atoms with Crippen LogP contribution in [-0.4, -0.2) is 58.8 Å². The molecule has 1 N–H and O–H groups in total. The predicted octanol–water partition coefficient (Wildman–Crippen LogP) is 2.02. The van der Waals surface area contributed by atoms with Gasteiger partial charge in [-0.1, -0.05) is 24.3 Å². The van der Waals surface area contributed by atoms with Gasteiger partial charge in [-0.25, -0.2) is 9.78 Å². The molecule has 0 amide bonds. The van der Waals surface area contributed by atoms with Crippen molar-refractivity contribution in [3.8, 4) is 0 Å².